The second-order valence-corrected chi connectivity index (χ2v) is 4.76. The van der Waals surface area contributed by atoms with Crippen LogP contribution in [0.2, 0.25) is 0 Å². The normalized spacial score (nSPS) is 11.2. The minimum Gasteiger partial charge on any atom is -0.448 e. The lowest BCUT2D eigenvalue weighted by Gasteiger charge is -2.07. The Balaban J connectivity index is 1.78. The molecule has 0 aliphatic carbocycles. The van der Waals surface area contributed by atoms with Crippen LogP contribution in [0.5, 0.6) is 0 Å². The highest BCUT2D eigenvalue weighted by Gasteiger charge is 2.24. The van der Waals surface area contributed by atoms with Gasteiger partial charge in [-0.3, -0.25) is 0 Å². The number of aryl methyl sites for hydroxylation is 1. The highest BCUT2D eigenvalue weighted by Crippen LogP contribution is 2.26. The third kappa shape index (κ3) is 2.36. The average molecular weight is 259 g/mol. The molecular weight excluding hydrogens is 248 g/mol. The highest BCUT2D eigenvalue weighted by atomic mass is 32.1. The van der Waals surface area contributed by atoms with Gasteiger partial charge in [0.15, 0.2) is 0 Å². The zero-order valence-corrected chi connectivity index (χ0v) is 10.4. The SMILES string of the molecule is c1csc(CC[C](c2ncco2)c2ncco2)c1. The van der Waals surface area contributed by atoms with E-state index in [1.54, 1.807) is 36.3 Å². The van der Waals surface area contributed by atoms with Crippen LogP contribution in [0, 0.1) is 5.92 Å². The standard InChI is InChI=1S/C13H11N2O2S/c1-2-10(18-9-1)3-4-11(12-14-5-7-16-12)13-15-6-8-17-13/h1-2,5-9H,3-4H2. The summed E-state index contributed by atoms with van der Waals surface area (Å²) in [6.45, 7) is 0. The molecular formula is C13H11N2O2S. The maximum Gasteiger partial charge on any atom is 0.211 e. The molecule has 0 unspecified atom stereocenters. The third-order valence-corrected chi connectivity index (χ3v) is 3.52. The number of oxazole rings is 2. The number of hydrogen-bond donors (Lipinski definition) is 0. The van der Waals surface area contributed by atoms with E-state index in [4.69, 9.17) is 8.83 Å². The summed E-state index contributed by atoms with van der Waals surface area (Å²) in [5, 5.41) is 2.07. The topological polar surface area (TPSA) is 52.1 Å². The molecule has 0 amide bonds. The molecule has 3 aromatic rings. The maximum atomic E-state index is 5.34. The predicted octanol–water partition coefficient (Wildman–Crippen LogP) is 3.33. The number of aromatic nitrogens is 2. The molecule has 5 heteroatoms. The van der Waals surface area contributed by atoms with E-state index >= 15 is 0 Å². The van der Waals surface area contributed by atoms with E-state index in [1.807, 2.05) is 0 Å². The smallest absolute Gasteiger partial charge is 0.211 e. The third-order valence-electron chi connectivity index (χ3n) is 2.58. The zero-order chi connectivity index (χ0) is 12.2. The van der Waals surface area contributed by atoms with Crippen LogP contribution in [0.15, 0.2) is 51.3 Å². The van der Waals surface area contributed by atoms with Crippen LogP contribution in [0.1, 0.15) is 23.1 Å². The second kappa shape index (κ2) is 5.18. The minimum absolute atomic E-state index is 0.578. The van der Waals surface area contributed by atoms with Crippen LogP contribution in [0.3, 0.4) is 0 Å². The number of rotatable bonds is 5. The lowest BCUT2D eigenvalue weighted by molar-refractivity contribution is 0.460. The fraction of sp³-hybridized carbons (Fsp3) is 0.154. The molecule has 0 aliphatic heterocycles. The molecule has 0 fully saturated rings. The molecule has 0 bridgehead atoms. The summed E-state index contributed by atoms with van der Waals surface area (Å²) >= 11 is 1.74. The summed E-state index contributed by atoms with van der Waals surface area (Å²) in [4.78, 5) is 9.67. The van der Waals surface area contributed by atoms with Crippen molar-refractivity contribution in [1.82, 2.24) is 9.97 Å². The molecule has 1 radical (unpaired) electrons. The lowest BCUT2D eigenvalue weighted by atomic mass is 10.0. The first-order valence-electron chi connectivity index (χ1n) is 5.61. The van der Waals surface area contributed by atoms with Crippen LogP contribution in [0.25, 0.3) is 0 Å². The summed E-state index contributed by atoms with van der Waals surface area (Å²) in [5.74, 6) is 2.06. The van der Waals surface area contributed by atoms with Gasteiger partial charge < -0.3 is 8.83 Å². The zero-order valence-electron chi connectivity index (χ0n) is 9.57. The molecule has 3 aromatic heterocycles. The molecule has 91 valence electrons. The van der Waals surface area contributed by atoms with Gasteiger partial charge in [-0.1, -0.05) is 6.07 Å². The highest BCUT2D eigenvalue weighted by molar-refractivity contribution is 7.09. The lowest BCUT2D eigenvalue weighted by Crippen LogP contribution is -2.04. The Bertz CT molecular complexity index is 524. The minimum atomic E-state index is 0.578. The van der Waals surface area contributed by atoms with Crippen molar-refractivity contribution in [3.8, 4) is 0 Å². The Morgan fingerprint density at radius 3 is 2.33 bits per heavy atom. The summed E-state index contributed by atoms with van der Waals surface area (Å²) in [7, 11) is 0. The molecule has 0 spiro atoms. The molecule has 0 N–H and O–H groups in total. The van der Waals surface area contributed by atoms with Gasteiger partial charge >= 0.3 is 0 Å². The van der Waals surface area contributed by atoms with Crippen molar-refractivity contribution in [2.45, 2.75) is 12.8 Å². The van der Waals surface area contributed by atoms with E-state index in [2.05, 4.69) is 27.5 Å². The summed E-state index contributed by atoms with van der Waals surface area (Å²) < 4.78 is 10.7. The Kier molecular flexibility index (Phi) is 3.23. The molecule has 3 rings (SSSR count). The molecule has 18 heavy (non-hydrogen) atoms. The van der Waals surface area contributed by atoms with E-state index in [9.17, 15) is 0 Å². The van der Waals surface area contributed by atoms with E-state index in [0.717, 1.165) is 18.8 Å². The molecule has 3 heterocycles. The van der Waals surface area contributed by atoms with Gasteiger partial charge in [-0.25, -0.2) is 9.97 Å². The first kappa shape index (κ1) is 11.2. The van der Waals surface area contributed by atoms with Gasteiger partial charge in [-0.05, 0) is 24.3 Å². The molecule has 0 aliphatic rings. The van der Waals surface area contributed by atoms with Crippen molar-refractivity contribution in [1.29, 1.82) is 0 Å². The average Bonchev–Trinajstić information content (AvgIpc) is 3.14. The van der Waals surface area contributed by atoms with Gasteiger partial charge in [0.25, 0.3) is 0 Å². The molecule has 0 aromatic carbocycles. The van der Waals surface area contributed by atoms with Crippen molar-refractivity contribution in [3.05, 3.63) is 65.0 Å². The Labute approximate surface area is 108 Å². The fourth-order valence-corrected chi connectivity index (χ4v) is 2.46. The van der Waals surface area contributed by atoms with E-state index in [-0.39, 0.29) is 0 Å². The van der Waals surface area contributed by atoms with E-state index < -0.39 is 0 Å². The van der Waals surface area contributed by atoms with E-state index in [1.165, 1.54) is 4.88 Å². The molecule has 0 saturated carbocycles. The number of thiophene rings is 1. The fourth-order valence-electron chi connectivity index (χ4n) is 1.75. The van der Waals surface area contributed by atoms with Crippen molar-refractivity contribution in [3.63, 3.8) is 0 Å². The van der Waals surface area contributed by atoms with Crippen molar-refractivity contribution in [2.24, 2.45) is 0 Å². The van der Waals surface area contributed by atoms with Gasteiger partial charge in [0, 0.05) is 4.88 Å². The molecule has 4 nitrogen and oxygen atoms in total. The van der Waals surface area contributed by atoms with Gasteiger partial charge in [0.2, 0.25) is 11.8 Å². The van der Waals surface area contributed by atoms with Gasteiger partial charge in [0.05, 0.1) is 12.4 Å². The van der Waals surface area contributed by atoms with Crippen LogP contribution < -0.4 is 0 Å². The van der Waals surface area contributed by atoms with Crippen molar-refractivity contribution in [2.75, 3.05) is 0 Å². The monoisotopic (exact) mass is 259 g/mol. The van der Waals surface area contributed by atoms with Crippen LogP contribution in [-0.2, 0) is 6.42 Å². The second-order valence-electron chi connectivity index (χ2n) is 3.73. The largest absolute Gasteiger partial charge is 0.448 e. The van der Waals surface area contributed by atoms with Crippen LogP contribution >= 0.6 is 11.3 Å². The van der Waals surface area contributed by atoms with Gasteiger partial charge in [0.1, 0.15) is 18.4 Å². The number of hydrogen-bond acceptors (Lipinski definition) is 5. The van der Waals surface area contributed by atoms with Crippen LogP contribution in [0.4, 0.5) is 0 Å². The van der Waals surface area contributed by atoms with E-state index in [0.29, 0.717) is 11.8 Å². The maximum absolute atomic E-state index is 5.34. The Morgan fingerprint density at radius 1 is 1.11 bits per heavy atom. The molecule has 0 saturated heterocycles. The van der Waals surface area contributed by atoms with Crippen LogP contribution in [-0.4, -0.2) is 9.97 Å². The quantitative estimate of drug-likeness (QED) is 0.705. The Hall–Kier alpha value is -1.88. The van der Waals surface area contributed by atoms with Crippen molar-refractivity contribution >= 4 is 11.3 Å². The van der Waals surface area contributed by atoms with Gasteiger partial charge in [-0.15, -0.1) is 11.3 Å². The van der Waals surface area contributed by atoms with Crippen molar-refractivity contribution < 1.29 is 8.83 Å². The first-order valence-corrected chi connectivity index (χ1v) is 6.49. The predicted molar refractivity (Wildman–Crippen MR) is 67.1 cm³/mol. The Morgan fingerprint density at radius 2 is 1.83 bits per heavy atom. The van der Waals surface area contributed by atoms with Gasteiger partial charge in [-0.2, -0.15) is 0 Å². The molecule has 0 atom stereocenters. The summed E-state index contributed by atoms with van der Waals surface area (Å²) in [6.07, 6.45) is 8.10. The summed E-state index contributed by atoms with van der Waals surface area (Å²) in [5.41, 5.74) is 0. The summed E-state index contributed by atoms with van der Waals surface area (Å²) in [6, 6.07) is 4.17. The first-order chi connectivity index (χ1) is 8.93. The number of nitrogens with zero attached hydrogens (tertiary/aromatic N) is 2.